The molecule has 23 heavy (non-hydrogen) atoms. The van der Waals surface area contributed by atoms with Crippen molar-refractivity contribution in [1.29, 1.82) is 0 Å². The van der Waals surface area contributed by atoms with Gasteiger partial charge in [-0.1, -0.05) is 0 Å². The van der Waals surface area contributed by atoms with Crippen molar-refractivity contribution < 1.29 is 13.5 Å². The zero-order valence-corrected chi connectivity index (χ0v) is 12.6. The molecule has 0 spiro atoms. The SMILES string of the molecule is Fc1ccc(F)c(COc2cncc(N3CCCNCC3)n2)c1. The number of hydrogen-bond donors (Lipinski definition) is 1. The van der Waals surface area contributed by atoms with Crippen molar-refractivity contribution >= 4 is 5.82 Å². The summed E-state index contributed by atoms with van der Waals surface area (Å²) in [5.74, 6) is 0.0188. The monoisotopic (exact) mass is 320 g/mol. The van der Waals surface area contributed by atoms with Crippen LogP contribution in [-0.2, 0) is 6.61 Å². The highest BCUT2D eigenvalue weighted by Gasteiger charge is 2.12. The molecule has 1 aliphatic heterocycles. The van der Waals surface area contributed by atoms with E-state index in [0.717, 1.165) is 56.6 Å². The van der Waals surface area contributed by atoms with Crippen LogP contribution in [0.3, 0.4) is 0 Å². The van der Waals surface area contributed by atoms with Gasteiger partial charge in [0.1, 0.15) is 18.2 Å². The number of nitrogens with zero attached hydrogens (tertiary/aromatic N) is 3. The molecule has 2 aromatic rings. The summed E-state index contributed by atoms with van der Waals surface area (Å²) in [6, 6.07) is 3.28. The first-order valence-electron chi connectivity index (χ1n) is 7.57. The average Bonchev–Trinajstić information content (AvgIpc) is 2.85. The highest BCUT2D eigenvalue weighted by Crippen LogP contribution is 2.17. The van der Waals surface area contributed by atoms with E-state index < -0.39 is 11.6 Å². The Morgan fingerprint density at radius 1 is 1.17 bits per heavy atom. The molecule has 0 aliphatic carbocycles. The first-order valence-corrected chi connectivity index (χ1v) is 7.57. The molecule has 0 saturated carbocycles. The first-order chi connectivity index (χ1) is 11.2. The number of hydrogen-bond acceptors (Lipinski definition) is 5. The Labute approximate surface area is 133 Å². The lowest BCUT2D eigenvalue weighted by Crippen LogP contribution is -2.28. The van der Waals surface area contributed by atoms with E-state index in [0.29, 0.717) is 5.88 Å². The second-order valence-electron chi connectivity index (χ2n) is 5.33. The third kappa shape index (κ3) is 4.13. The third-order valence-electron chi connectivity index (χ3n) is 3.65. The quantitative estimate of drug-likeness (QED) is 0.935. The molecule has 0 unspecified atom stereocenters. The van der Waals surface area contributed by atoms with Crippen molar-refractivity contribution in [2.45, 2.75) is 13.0 Å². The lowest BCUT2D eigenvalue weighted by atomic mass is 10.2. The normalized spacial score (nSPS) is 15.3. The van der Waals surface area contributed by atoms with Crippen LogP contribution in [0.1, 0.15) is 12.0 Å². The first kappa shape index (κ1) is 15.6. The van der Waals surface area contributed by atoms with Gasteiger partial charge in [0.25, 0.3) is 0 Å². The number of halogens is 2. The summed E-state index contributed by atoms with van der Waals surface area (Å²) >= 11 is 0. The molecule has 0 radical (unpaired) electrons. The van der Waals surface area contributed by atoms with Crippen LogP contribution in [0.5, 0.6) is 5.88 Å². The van der Waals surface area contributed by atoms with Crippen molar-refractivity contribution in [1.82, 2.24) is 15.3 Å². The summed E-state index contributed by atoms with van der Waals surface area (Å²) in [5, 5.41) is 3.32. The smallest absolute Gasteiger partial charge is 0.234 e. The summed E-state index contributed by atoms with van der Waals surface area (Å²) in [5.41, 5.74) is 0.149. The minimum Gasteiger partial charge on any atom is -0.472 e. The molecule has 0 amide bonds. The molecule has 0 bridgehead atoms. The van der Waals surface area contributed by atoms with Crippen molar-refractivity contribution in [2.75, 3.05) is 31.1 Å². The molecule has 0 atom stereocenters. The number of benzene rings is 1. The van der Waals surface area contributed by atoms with E-state index in [2.05, 4.69) is 20.2 Å². The molecule has 1 fully saturated rings. The zero-order valence-electron chi connectivity index (χ0n) is 12.6. The van der Waals surface area contributed by atoms with Gasteiger partial charge in [-0.25, -0.2) is 8.78 Å². The third-order valence-corrected chi connectivity index (χ3v) is 3.65. The van der Waals surface area contributed by atoms with Crippen molar-refractivity contribution in [3.63, 3.8) is 0 Å². The maximum atomic E-state index is 13.6. The van der Waals surface area contributed by atoms with E-state index in [1.165, 1.54) is 6.20 Å². The van der Waals surface area contributed by atoms with E-state index in [9.17, 15) is 8.78 Å². The highest BCUT2D eigenvalue weighted by atomic mass is 19.1. The predicted octanol–water partition coefficient (Wildman–Crippen LogP) is 2.13. The Kier molecular flexibility index (Phi) is 4.97. The van der Waals surface area contributed by atoms with Gasteiger partial charge < -0.3 is 15.0 Å². The lowest BCUT2D eigenvalue weighted by molar-refractivity contribution is 0.286. The zero-order chi connectivity index (χ0) is 16.1. The van der Waals surface area contributed by atoms with Crippen LogP contribution < -0.4 is 15.0 Å². The van der Waals surface area contributed by atoms with Crippen LogP contribution in [0, 0.1) is 11.6 Å². The molecule has 1 saturated heterocycles. The minimum atomic E-state index is -0.505. The fourth-order valence-corrected chi connectivity index (χ4v) is 2.44. The van der Waals surface area contributed by atoms with E-state index in [4.69, 9.17) is 4.74 Å². The Morgan fingerprint density at radius 2 is 2.09 bits per heavy atom. The largest absolute Gasteiger partial charge is 0.472 e. The van der Waals surface area contributed by atoms with Gasteiger partial charge in [0.05, 0.1) is 12.4 Å². The molecular weight excluding hydrogens is 302 g/mol. The molecule has 1 aromatic heterocycles. The van der Waals surface area contributed by atoms with Crippen LogP contribution in [-0.4, -0.2) is 36.1 Å². The molecule has 122 valence electrons. The number of rotatable bonds is 4. The summed E-state index contributed by atoms with van der Waals surface area (Å²) < 4.78 is 32.2. The van der Waals surface area contributed by atoms with Gasteiger partial charge in [0.2, 0.25) is 5.88 Å². The maximum Gasteiger partial charge on any atom is 0.234 e. The Bertz CT molecular complexity index is 660. The van der Waals surface area contributed by atoms with Crippen LogP contribution in [0.25, 0.3) is 0 Å². The minimum absolute atomic E-state index is 0.0940. The van der Waals surface area contributed by atoms with Crippen molar-refractivity contribution in [3.05, 3.63) is 47.8 Å². The van der Waals surface area contributed by atoms with Gasteiger partial charge in [0, 0.05) is 25.2 Å². The summed E-state index contributed by atoms with van der Waals surface area (Å²) in [6.45, 7) is 3.52. The number of ether oxygens (including phenoxy) is 1. The topological polar surface area (TPSA) is 50.3 Å². The van der Waals surface area contributed by atoms with Gasteiger partial charge in [0.15, 0.2) is 5.82 Å². The second kappa shape index (κ2) is 7.32. The van der Waals surface area contributed by atoms with Crippen LogP contribution in [0.2, 0.25) is 0 Å². The molecule has 2 heterocycles. The number of anilines is 1. The summed E-state index contributed by atoms with van der Waals surface area (Å²) in [4.78, 5) is 10.7. The Morgan fingerprint density at radius 3 is 3.00 bits per heavy atom. The fraction of sp³-hybridized carbons (Fsp3) is 0.375. The van der Waals surface area contributed by atoms with E-state index in [1.807, 2.05) is 0 Å². The molecule has 1 aromatic carbocycles. The Balaban J connectivity index is 1.68. The molecule has 1 N–H and O–H groups in total. The maximum absolute atomic E-state index is 13.6. The standard InChI is InChI=1S/C16H18F2N4O/c17-13-2-3-14(18)12(8-13)11-23-16-10-20-9-15(21-16)22-6-1-4-19-5-7-22/h2-3,8-10,19H,1,4-7,11H2. The predicted molar refractivity (Wildman–Crippen MR) is 82.4 cm³/mol. The average molecular weight is 320 g/mol. The highest BCUT2D eigenvalue weighted by molar-refractivity contribution is 5.37. The number of aromatic nitrogens is 2. The number of nitrogens with one attached hydrogen (secondary N) is 1. The van der Waals surface area contributed by atoms with Crippen LogP contribution in [0.15, 0.2) is 30.6 Å². The Hall–Kier alpha value is -2.28. The molecule has 5 nitrogen and oxygen atoms in total. The summed E-state index contributed by atoms with van der Waals surface area (Å²) in [6.07, 6.45) is 4.18. The molecule has 1 aliphatic rings. The van der Waals surface area contributed by atoms with E-state index in [-0.39, 0.29) is 12.2 Å². The van der Waals surface area contributed by atoms with Gasteiger partial charge in [-0.3, -0.25) is 4.98 Å². The second-order valence-corrected chi connectivity index (χ2v) is 5.33. The van der Waals surface area contributed by atoms with Gasteiger partial charge in [-0.05, 0) is 31.2 Å². The van der Waals surface area contributed by atoms with Gasteiger partial charge in [-0.2, -0.15) is 4.98 Å². The molecule has 7 heteroatoms. The molecular formula is C16H18F2N4O. The fourth-order valence-electron chi connectivity index (χ4n) is 2.44. The van der Waals surface area contributed by atoms with Gasteiger partial charge >= 0.3 is 0 Å². The van der Waals surface area contributed by atoms with Crippen molar-refractivity contribution in [2.24, 2.45) is 0 Å². The van der Waals surface area contributed by atoms with Crippen LogP contribution >= 0.6 is 0 Å². The summed E-state index contributed by atoms with van der Waals surface area (Å²) in [7, 11) is 0. The van der Waals surface area contributed by atoms with Crippen LogP contribution in [0.4, 0.5) is 14.6 Å². The molecule has 3 rings (SSSR count). The van der Waals surface area contributed by atoms with Crippen molar-refractivity contribution in [3.8, 4) is 5.88 Å². The van der Waals surface area contributed by atoms with E-state index >= 15 is 0 Å². The van der Waals surface area contributed by atoms with E-state index in [1.54, 1.807) is 6.20 Å². The van der Waals surface area contributed by atoms with Gasteiger partial charge in [-0.15, -0.1) is 0 Å². The lowest BCUT2D eigenvalue weighted by Gasteiger charge is -2.20.